The molecular formula is C32H32O14. The Morgan fingerprint density at radius 3 is 2.15 bits per heavy atom. The predicted molar refractivity (Wildman–Crippen MR) is 156 cm³/mol. The van der Waals surface area contributed by atoms with Gasteiger partial charge in [0.1, 0.15) is 30.3 Å². The Morgan fingerprint density at radius 2 is 1.46 bits per heavy atom. The van der Waals surface area contributed by atoms with Crippen LogP contribution in [0.15, 0.2) is 51.9 Å². The van der Waals surface area contributed by atoms with E-state index < -0.39 is 61.2 Å². The summed E-state index contributed by atoms with van der Waals surface area (Å²) < 4.78 is 50.6. The van der Waals surface area contributed by atoms with Crippen LogP contribution < -0.4 is 19.6 Å². The van der Waals surface area contributed by atoms with Crippen molar-refractivity contribution in [1.82, 2.24) is 0 Å². The zero-order valence-electron chi connectivity index (χ0n) is 25.5. The van der Waals surface area contributed by atoms with Gasteiger partial charge in [0, 0.05) is 40.2 Å². The standard InChI is InChI=1S/C32H32O14/c1-16(33)40-15-27-29(42-17(2)34)30(43-18(3)35)31(44-19(4)36)32(46-27)45-21-7-8-22-25(13-21)41-14-23(28(22)37)20-6-9-24-26(12-20)39-11-5-10-38-24/h6-9,12-14,27,29-32H,5,10-11,15H2,1-4H3. The number of fused-ring (bicyclic) bond motifs is 2. The Labute approximate surface area is 262 Å². The zero-order chi connectivity index (χ0) is 33.0. The van der Waals surface area contributed by atoms with Crippen LogP contribution in [0.3, 0.4) is 0 Å². The highest BCUT2D eigenvalue weighted by Gasteiger charge is 2.53. The van der Waals surface area contributed by atoms with Gasteiger partial charge in [-0.2, -0.15) is 0 Å². The Kier molecular flexibility index (Phi) is 9.75. The molecule has 2 aliphatic rings. The molecule has 14 nitrogen and oxygen atoms in total. The molecule has 244 valence electrons. The first-order valence-electron chi connectivity index (χ1n) is 14.4. The van der Waals surface area contributed by atoms with Gasteiger partial charge in [-0.05, 0) is 29.8 Å². The molecule has 5 unspecified atom stereocenters. The predicted octanol–water partition coefficient (Wildman–Crippen LogP) is 3.08. The van der Waals surface area contributed by atoms with Crippen molar-refractivity contribution in [3.63, 3.8) is 0 Å². The second kappa shape index (κ2) is 13.9. The largest absolute Gasteiger partial charge is 0.490 e. The third-order valence-electron chi connectivity index (χ3n) is 7.01. The van der Waals surface area contributed by atoms with E-state index in [2.05, 4.69) is 0 Å². The van der Waals surface area contributed by atoms with Gasteiger partial charge in [-0.25, -0.2) is 0 Å². The molecule has 5 rings (SSSR count). The minimum absolute atomic E-state index is 0.125. The zero-order valence-corrected chi connectivity index (χ0v) is 25.5. The number of rotatable bonds is 8. The smallest absolute Gasteiger partial charge is 0.303 e. The molecule has 0 N–H and O–H groups in total. The van der Waals surface area contributed by atoms with E-state index in [1.54, 1.807) is 18.2 Å². The maximum Gasteiger partial charge on any atom is 0.303 e. The first kappa shape index (κ1) is 32.3. The molecule has 1 aromatic heterocycles. The lowest BCUT2D eigenvalue weighted by Crippen LogP contribution is -2.63. The summed E-state index contributed by atoms with van der Waals surface area (Å²) in [5.41, 5.74) is 0.745. The SMILES string of the molecule is CC(=O)OCC1OC(Oc2ccc3c(=O)c(-c4ccc5c(c4)OCCCO5)coc3c2)C(OC(C)=O)C(OC(C)=O)C1OC(C)=O. The lowest BCUT2D eigenvalue weighted by atomic mass is 9.98. The monoisotopic (exact) mass is 640 g/mol. The van der Waals surface area contributed by atoms with E-state index in [1.807, 2.05) is 0 Å². The fourth-order valence-corrected chi connectivity index (χ4v) is 5.13. The molecule has 14 heteroatoms. The number of carbonyl (C=O) groups excluding carboxylic acids is 4. The Morgan fingerprint density at radius 1 is 0.783 bits per heavy atom. The molecule has 3 aromatic rings. The van der Waals surface area contributed by atoms with Crippen molar-refractivity contribution in [2.24, 2.45) is 0 Å². The summed E-state index contributed by atoms with van der Waals surface area (Å²) in [4.78, 5) is 61.2. The topological polar surface area (TPSA) is 172 Å². The Hall–Kier alpha value is -5.11. The van der Waals surface area contributed by atoms with Gasteiger partial charge in [-0.1, -0.05) is 6.07 Å². The molecule has 0 spiro atoms. The van der Waals surface area contributed by atoms with Crippen molar-refractivity contribution < 1.29 is 61.5 Å². The molecule has 1 saturated heterocycles. The molecule has 0 aliphatic carbocycles. The number of ether oxygens (including phenoxy) is 8. The van der Waals surface area contributed by atoms with E-state index in [0.717, 1.165) is 27.2 Å². The van der Waals surface area contributed by atoms with Crippen LogP contribution in [0.25, 0.3) is 22.1 Å². The van der Waals surface area contributed by atoms with E-state index in [9.17, 15) is 24.0 Å². The van der Waals surface area contributed by atoms with Crippen molar-refractivity contribution in [2.75, 3.05) is 19.8 Å². The Balaban J connectivity index is 1.46. The molecule has 0 radical (unpaired) electrons. The lowest BCUT2D eigenvalue weighted by Gasteiger charge is -2.43. The maximum absolute atomic E-state index is 13.5. The van der Waals surface area contributed by atoms with E-state index in [4.69, 9.17) is 42.3 Å². The van der Waals surface area contributed by atoms with Gasteiger partial charge in [0.05, 0.1) is 24.2 Å². The number of benzene rings is 2. The van der Waals surface area contributed by atoms with Crippen LogP contribution >= 0.6 is 0 Å². The normalized spacial score (nSPS) is 22.2. The minimum Gasteiger partial charge on any atom is -0.490 e. The van der Waals surface area contributed by atoms with Gasteiger partial charge in [0.25, 0.3) is 0 Å². The second-order valence-corrected chi connectivity index (χ2v) is 10.5. The van der Waals surface area contributed by atoms with Gasteiger partial charge in [-0.3, -0.25) is 24.0 Å². The van der Waals surface area contributed by atoms with Crippen molar-refractivity contribution >= 4 is 34.8 Å². The Bertz CT molecular complexity index is 1690. The van der Waals surface area contributed by atoms with Gasteiger partial charge in [0.15, 0.2) is 29.1 Å². The van der Waals surface area contributed by atoms with Gasteiger partial charge >= 0.3 is 23.9 Å². The van der Waals surface area contributed by atoms with Crippen molar-refractivity contribution in [2.45, 2.75) is 64.8 Å². The molecule has 2 aliphatic heterocycles. The number of esters is 4. The summed E-state index contributed by atoms with van der Waals surface area (Å²) in [6.45, 7) is 5.16. The van der Waals surface area contributed by atoms with Crippen LogP contribution in [0.5, 0.6) is 17.2 Å². The fourth-order valence-electron chi connectivity index (χ4n) is 5.13. The van der Waals surface area contributed by atoms with E-state index in [0.29, 0.717) is 35.8 Å². The van der Waals surface area contributed by atoms with Crippen molar-refractivity contribution in [1.29, 1.82) is 0 Å². The summed E-state index contributed by atoms with van der Waals surface area (Å²) in [6, 6.07) is 9.61. The summed E-state index contributed by atoms with van der Waals surface area (Å²) in [5.74, 6) is -1.70. The first-order valence-corrected chi connectivity index (χ1v) is 14.4. The molecule has 2 aromatic carbocycles. The van der Waals surface area contributed by atoms with Crippen LogP contribution in [-0.2, 0) is 42.9 Å². The summed E-state index contributed by atoms with van der Waals surface area (Å²) in [6.07, 6.45) is -4.74. The van der Waals surface area contributed by atoms with Crippen LogP contribution in [0, 0.1) is 0 Å². The molecule has 0 saturated carbocycles. The lowest BCUT2D eigenvalue weighted by molar-refractivity contribution is -0.288. The molecule has 0 amide bonds. The fraction of sp³-hybridized carbons (Fsp3) is 0.406. The number of hydrogen-bond donors (Lipinski definition) is 0. The van der Waals surface area contributed by atoms with E-state index in [-0.39, 0.29) is 22.1 Å². The third kappa shape index (κ3) is 7.40. The number of hydrogen-bond acceptors (Lipinski definition) is 14. The quantitative estimate of drug-likeness (QED) is 0.260. The summed E-state index contributed by atoms with van der Waals surface area (Å²) in [7, 11) is 0. The number of carbonyl (C=O) groups is 4. The minimum atomic E-state index is -1.45. The first-order chi connectivity index (χ1) is 22.0. The van der Waals surface area contributed by atoms with Gasteiger partial charge in [0.2, 0.25) is 12.4 Å². The van der Waals surface area contributed by atoms with Crippen LogP contribution in [0.1, 0.15) is 34.1 Å². The molecule has 0 bridgehead atoms. The van der Waals surface area contributed by atoms with E-state index in [1.165, 1.54) is 31.4 Å². The van der Waals surface area contributed by atoms with Gasteiger partial charge < -0.3 is 42.3 Å². The average molecular weight is 641 g/mol. The highest BCUT2D eigenvalue weighted by molar-refractivity contribution is 5.83. The molecule has 3 heterocycles. The second-order valence-electron chi connectivity index (χ2n) is 10.5. The van der Waals surface area contributed by atoms with Crippen molar-refractivity contribution in [3.05, 3.63) is 52.9 Å². The highest BCUT2D eigenvalue weighted by Crippen LogP contribution is 2.35. The van der Waals surface area contributed by atoms with Crippen LogP contribution in [-0.4, -0.2) is 74.4 Å². The van der Waals surface area contributed by atoms with Crippen LogP contribution in [0.4, 0.5) is 0 Å². The van der Waals surface area contributed by atoms with Gasteiger partial charge in [-0.15, -0.1) is 0 Å². The maximum atomic E-state index is 13.5. The van der Waals surface area contributed by atoms with E-state index >= 15 is 0 Å². The molecule has 1 fully saturated rings. The summed E-state index contributed by atoms with van der Waals surface area (Å²) >= 11 is 0. The highest BCUT2D eigenvalue weighted by atomic mass is 16.7. The molecule has 5 atom stereocenters. The van der Waals surface area contributed by atoms with Crippen molar-refractivity contribution in [3.8, 4) is 28.4 Å². The van der Waals surface area contributed by atoms with Crippen LogP contribution in [0.2, 0.25) is 0 Å². The molecular weight excluding hydrogens is 608 g/mol. The third-order valence-corrected chi connectivity index (χ3v) is 7.01. The molecule has 46 heavy (non-hydrogen) atoms. The summed E-state index contributed by atoms with van der Waals surface area (Å²) in [5, 5.41) is 0.249. The average Bonchev–Trinajstić information content (AvgIpc) is 3.24.